The summed E-state index contributed by atoms with van der Waals surface area (Å²) in [5.74, 6) is -1.11. The Balaban J connectivity index is 2.36. The van der Waals surface area contributed by atoms with Gasteiger partial charge in [0.25, 0.3) is 0 Å². The van der Waals surface area contributed by atoms with Crippen LogP contribution >= 0.6 is 0 Å². The second kappa shape index (κ2) is 7.82. The van der Waals surface area contributed by atoms with Crippen LogP contribution in [0.15, 0.2) is 0 Å². The standard InChI is InChI=1S/C13H23N3O5/c1-9-2-4-13(5-3-9,11(18)19)16-12(20)15-6-7-21-8-10(14)17/h9H,2-8H2,1H3,(H2,14,17)(H,18,19)(H2,15,16,20). The number of hydrogen-bond donors (Lipinski definition) is 4. The molecule has 0 aliphatic heterocycles. The van der Waals surface area contributed by atoms with Crippen LogP contribution < -0.4 is 16.4 Å². The second-order valence-corrected chi connectivity index (χ2v) is 5.47. The number of aliphatic carboxylic acids is 1. The average molecular weight is 301 g/mol. The molecule has 0 aromatic heterocycles. The Hall–Kier alpha value is -1.83. The Morgan fingerprint density at radius 2 is 1.95 bits per heavy atom. The van der Waals surface area contributed by atoms with Crippen LogP contribution in [0, 0.1) is 5.92 Å². The van der Waals surface area contributed by atoms with Crippen LogP contribution in [0.4, 0.5) is 4.79 Å². The summed E-state index contributed by atoms with van der Waals surface area (Å²) < 4.78 is 4.89. The Bertz CT molecular complexity index is 391. The number of carboxylic acids is 1. The molecule has 8 heteroatoms. The van der Waals surface area contributed by atoms with Gasteiger partial charge in [-0.3, -0.25) is 4.79 Å². The summed E-state index contributed by atoms with van der Waals surface area (Å²) in [6.45, 7) is 2.17. The molecule has 0 radical (unpaired) electrons. The summed E-state index contributed by atoms with van der Waals surface area (Å²) in [6.07, 6.45) is 2.40. The van der Waals surface area contributed by atoms with E-state index in [1.807, 2.05) is 0 Å². The first-order valence-corrected chi connectivity index (χ1v) is 7.01. The van der Waals surface area contributed by atoms with Crippen molar-refractivity contribution in [2.45, 2.75) is 38.1 Å². The minimum Gasteiger partial charge on any atom is -0.480 e. The molecule has 8 nitrogen and oxygen atoms in total. The highest BCUT2D eigenvalue weighted by Crippen LogP contribution is 2.32. The number of nitrogens with two attached hydrogens (primary N) is 1. The quantitative estimate of drug-likeness (QED) is 0.484. The second-order valence-electron chi connectivity index (χ2n) is 5.47. The van der Waals surface area contributed by atoms with Gasteiger partial charge in [0.1, 0.15) is 12.1 Å². The van der Waals surface area contributed by atoms with Crippen molar-refractivity contribution in [1.82, 2.24) is 10.6 Å². The van der Waals surface area contributed by atoms with Gasteiger partial charge in [-0.15, -0.1) is 0 Å². The summed E-state index contributed by atoms with van der Waals surface area (Å²) in [7, 11) is 0. The molecule has 0 aromatic carbocycles. The lowest BCUT2D eigenvalue weighted by atomic mass is 9.77. The molecule has 1 aliphatic rings. The maximum Gasteiger partial charge on any atom is 0.329 e. The maximum atomic E-state index is 11.8. The van der Waals surface area contributed by atoms with E-state index in [0.717, 1.165) is 12.8 Å². The van der Waals surface area contributed by atoms with E-state index in [1.165, 1.54) is 0 Å². The Kier molecular flexibility index (Phi) is 6.41. The molecule has 0 atom stereocenters. The van der Waals surface area contributed by atoms with Crippen LogP contribution in [0.3, 0.4) is 0 Å². The lowest BCUT2D eigenvalue weighted by molar-refractivity contribution is -0.146. The number of amides is 3. The minimum atomic E-state index is -1.19. The summed E-state index contributed by atoms with van der Waals surface area (Å²) in [5.41, 5.74) is 3.70. The van der Waals surface area contributed by atoms with Crippen molar-refractivity contribution < 1.29 is 24.2 Å². The van der Waals surface area contributed by atoms with Gasteiger partial charge in [-0.1, -0.05) is 6.92 Å². The van der Waals surface area contributed by atoms with Crippen molar-refractivity contribution in [2.24, 2.45) is 11.7 Å². The van der Waals surface area contributed by atoms with Gasteiger partial charge in [-0.05, 0) is 31.6 Å². The fraction of sp³-hybridized carbons (Fsp3) is 0.769. The van der Waals surface area contributed by atoms with Gasteiger partial charge in [0, 0.05) is 6.54 Å². The van der Waals surface area contributed by atoms with E-state index in [0.29, 0.717) is 18.8 Å². The van der Waals surface area contributed by atoms with Crippen LogP contribution in [0.5, 0.6) is 0 Å². The Morgan fingerprint density at radius 1 is 1.33 bits per heavy atom. The number of carbonyl (C=O) groups is 3. The molecule has 5 N–H and O–H groups in total. The summed E-state index contributed by atoms with van der Waals surface area (Å²) in [5, 5.41) is 14.4. The number of carboxylic acid groups (broad SMARTS) is 1. The van der Waals surface area contributed by atoms with Crippen molar-refractivity contribution in [1.29, 1.82) is 0 Å². The molecule has 21 heavy (non-hydrogen) atoms. The van der Waals surface area contributed by atoms with Gasteiger partial charge in [0.2, 0.25) is 5.91 Å². The first kappa shape index (κ1) is 17.2. The van der Waals surface area contributed by atoms with E-state index in [4.69, 9.17) is 10.5 Å². The molecule has 120 valence electrons. The van der Waals surface area contributed by atoms with Gasteiger partial charge >= 0.3 is 12.0 Å². The number of nitrogens with one attached hydrogen (secondary N) is 2. The van der Waals surface area contributed by atoms with Crippen molar-refractivity contribution >= 4 is 17.9 Å². The lowest BCUT2D eigenvalue weighted by Crippen LogP contribution is -2.58. The van der Waals surface area contributed by atoms with Gasteiger partial charge in [0.05, 0.1) is 6.61 Å². The van der Waals surface area contributed by atoms with Gasteiger partial charge < -0.3 is 26.2 Å². The number of rotatable bonds is 7. The fourth-order valence-corrected chi connectivity index (χ4v) is 2.32. The van der Waals surface area contributed by atoms with E-state index in [9.17, 15) is 19.5 Å². The molecular weight excluding hydrogens is 278 g/mol. The molecule has 1 rings (SSSR count). The van der Waals surface area contributed by atoms with Crippen molar-refractivity contribution in [3.8, 4) is 0 Å². The normalized spacial score (nSPS) is 25.1. The predicted molar refractivity (Wildman–Crippen MR) is 74.5 cm³/mol. The highest BCUT2D eigenvalue weighted by molar-refractivity contribution is 5.86. The Morgan fingerprint density at radius 3 is 2.48 bits per heavy atom. The number of hydrogen-bond acceptors (Lipinski definition) is 4. The van der Waals surface area contributed by atoms with E-state index in [1.54, 1.807) is 0 Å². The zero-order valence-corrected chi connectivity index (χ0v) is 12.2. The van der Waals surface area contributed by atoms with Crippen molar-refractivity contribution in [3.63, 3.8) is 0 Å². The topological polar surface area (TPSA) is 131 Å². The molecular formula is C13H23N3O5. The van der Waals surface area contributed by atoms with Crippen LogP contribution in [-0.4, -0.2) is 48.3 Å². The molecule has 0 spiro atoms. The summed E-state index contributed by atoms with van der Waals surface area (Å²) in [6, 6.07) is -0.547. The molecule has 1 saturated carbocycles. The van der Waals surface area contributed by atoms with E-state index < -0.39 is 23.4 Å². The fourth-order valence-electron chi connectivity index (χ4n) is 2.32. The highest BCUT2D eigenvalue weighted by atomic mass is 16.5. The summed E-state index contributed by atoms with van der Waals surface area (Å²) in [4.78, 5) is 33.7. The van der Waals surface area contributed by atoms with Crippen LogP contribution in [-0.2, 0) is 14.3 Å². The minimum absolute atomic E-state index is 0.132. The van der Waals surface area contributed by atoms with Gasteiger partial charge in [0.15, 0.2) is 0 Å². The van der Waals surface area contributed by atoms with E-state index >= 15 is 0 Å². The number of primary amides is 1. The van der Waals surface area contributed by atoms with Crippen LogP contribution in [0.25, 0.3) is 0 Å². The third-order valence-corrected chi connectivity index (χ3v) is 3.67. The molecule has 1 aliphatic carbocycles. The SMILES string of the molecule is CC1CCC(NC(=O)NCCOCC(N)=O)(C(=O)O)CC1. The van der Waals surface area contributed by atoms with Crippen LogP contribution in [0.2, 0.25) is 0 Å². The first-order valence-electron chi connectivity index (χ1n) is 7.01. The number of urea groups is 1. The largest absolute Gasteiger partial charge is 0.480 e. The highest BCUT2D eigenvalue weighted by Gasteiger charge is 2.42. The molecule has 0 saturated heterocycles. The first-order chi connectivity index (χ1) is 9.85. The van der Waals surface area contributed by atoms with Gasteiger partial charge in [-0.2, -0.15) is 0 Å². The molecule has 0 heterocycles. The average Bonchev–Trinajstić information content (AvgIpc) is 2.40. The maximum absolute atomic E-state index is 11.8. The van der Waals surface area contributed by atoms with Crippen molar-refractivity contribution in [3.05, 3.63) is 0 Å². The zero-order valence-electron chi connectivity index (χ0n) is 12.2. The zero-order chi connectivity index (χ0) is 15.9. The Labute approximate surface area is 123 Å². The van der Waals surface area contributed by atoms with Crippen molar-refractivity contribution in [2.75, 3.05) is 19.8 Å². The number of ether oxygens (including phenoxy) is 1. The van der Waals surface area contributed by atoms with E-state index in [2.05, 4.69) is 17.6 Å². The molecule has 3 amide bonds. The smallest absolute Gasteiger partial charge is 0.329 e. The molecule has 0 unspecified atom stereocenters. The third-order valence-electron chi connectivity index (χ3n) is 3.67. The monoisotopic (exact) mass is 301 g/mol. The molecule has 1 fully saturated rings. The lowest BCUT2D eigenvalue weighted by Gasteiger charge is -2.36. The van der Waals surface area contributed by atoms with E-state index in [-0.39, 0.29) is 19.8 Å². The number of carbonyl (C=O) groups excluding carboxylic acids is 2. The third kappa shape index (κ3) is 5.58. The molecule has 0 aromatic rings. The van der Waals surface area contributed by atoms with Gasteiger partial charge in [-0.25, -0.2) is 9.59 Å². The summed E-state index contributed by atoms with van der Waals surface area (Å²) >= 11 is 0. The predicted octanol–water partition coefficient (Wildman–Crippen LogP) is -0.179. The van der Waals surface area contributed by atoms with Crippen LogP contribution in [0.1, 0.15) is 32.6 Å². The molecule has 0 bridgehead atoms.